The van der Waals surface area contributed by atoms with Gasteiger partial charge in [0.25, 0.3) is 0 Å². The molecule has 0 radical (unpaired) electrons. The van der Waals surface area contributed by atoms with Crippen molar-refractivity contribution < 1.29 is 13.6 Å². The number of hydrogen-bond acceptors (Lipinski definition) is 3. The summed E-state index contributed by atoms with van der Waals surface area (Å²) in [5, 5.41) is 0. The number of benzene rings is 2. The second-order valence-electron chi connectivity index (χ2n) is 3.84. The first kappa shape index (κ1) is 12.8. The lowest BCUT2D eigenvalue weighted by Gasteiger charge is -2.11. The van der Waals surface area contributed by atoms with Gasteiger partial charge < -0.3 is 13.6 Å². The van der Waals surface area contributed by atoms with Gasteiger partial charge in [0.1, 0.15) is 5.75 Å². The van der Waals surface area contributed by atoms with E-state index in [0.717, 1.165) is 6.42 Å². The third-order valence-corrected chi connectivity index (χ3v) is 3.47. The van der Waals surface area contributed by atoms with Crippen LogP contribution in [0.2, 0.25) is 0 Å². The van der Waals surface area contributed by atoms with Crippen LogP contribution in [0.1, 0.15) is 5.56 Å². The van der Waals surface area contributed by atoms with E-state index in [0.29, 0.717) is 12.4 Å². The molecule has 2 aromatic carbocycles. The Morgan fingerprint density at radius 1 is 0.889 bits per heavy atom. The number of hydrogen-bond donors (Lipinski definition) is 1. The Hall–Kier alpha value is -1.62. The Balaban J connectivity index is 1.71. The monoisotopic (exact) mass is 260 g/mol. The summed E-state index contributed by atoms with van der Waals surface area (Å²) in [5.41, 5.74) is 1.19. The van der Waals surface area contributed by atoms with Crippen LogP contribution in [0.25, 0.3) is 0 Å². The van der Waals surface area contributed by atoms with E-state index in [1.807, 2.05) is 48.5 Å². The van der Waals surface area contributed by atoms with Gasteiger partial charge >= 0.3 is 9.53 Å². The van der Waals surface area contributed by atoms with Crippen LogP contribution < -0.4 is 4.43 Å². The van der Waals surface area contributed by atoms with Gasteiger partial charge in [0, 0.05) is 6.61 Å². The highest BCUT2D eigenvalue weighted by Crippen LogP contribution is 2.09. The zero-order valence-electron chi connectivity index (χ0n) is 10.0. The highest BCUT2D eigenvalue weighted by Gasteiger charge is 2.11. The van der Waals surface area contributed by atoms with E-state index in [1.165, 1.54) is 5.56 Å². The van der Waals surface area contributed by atoms with Crippen LogP contribution in [0.3, 0.4) is 0 Å². The van der Waals surface area contributed by atoms with Crippen molar-refractivity contribution in [1.82, 2.24) is 0 Å². The summed E-state index contributed by atoms with van der Waals surface area (Å²) < 4.78 is 10.6. The quantitative estimate of drug-likeness (QED) is 0.808. The predicted molar refractivity (Wildman–Crippen MR) is 72.5 cm³/mol. The van der Waals surface area contributed by atoms with E-state index in [2.05, 4.69) is 0 Å². The van der Waals surface area contributed by atoms with Crippen molar-refractivity contribution in [2.24, 2.45) is 0 Å². The zero-order valence-corrected chi connectivity index (χ0v) is 11.2. The molecule has 1 unspecified atom stereocenters. The zero-order chi connectivity index (χ0) is 12.6. The second kappa shape index (κ2) is 6.96. The molecule has 2 rings (SSSR count). The lowest BCUT2D eigenvalue weighted by molar-refractivity contribution is 0.196. The molecule has 0 amide bonds. The van der Waals surface area contributed by atoms with Crippen LogP contribution in [0, 0.1) is 0 Å². The van der Waals surface area contributed by atoms with Crippen LogP contribution in [-0.4, -0.2) is 20.9 Å². The largest absolute Gasteiger partial charge is 0.546 e. The summed E-state index contributed by atoms with van der Waals surface area (Å²) in [6.45, 7) is 0.476. The minimum Gasteiger partial charge on any atom is -0.503 e. The summed E-state index contributed by atoms with van der Waals surface area (Å²) in [5.74, 6) is 0.649. The molecule has 0 saturated carbocycles. The van der Waals surface area contributed by atoms with Gasteiger partial charge in [-0.3, -0.25) is 0 Å². The van der Waals surface area contributed by atoms with Gasteiger partial charge in [-0.25, -0.2) is 0 Å². The van der Waals surface area contributed by atoms with E-state index >= 15 is 0 Å². The van der Waals surface area contributed by atoms with Gasteiger partial charge in [-0.15, -0.1) is 0 Å². The predicted octanol–water partition coefficient (Wildman–Crippen LogP) is 2.03. The lowest BCUT2D eigenvalue weighted by Crippen LogP contribution is -2.27. The summed E-state index contributed by atoms with van der Waals surface area (Å²) in [6.07, 6.45) is 0.781. The minimum absolute atomic E-state index is 0.476. The topological polar surface area (TPSA) is 38.7 Å². The van der Waals surface area contributed by atoms with Crippen molar-refractivity contribution in [3.8, 4) is 5.75 Å². The molecule has 18 heavy (non-hydrogen) atoms. The van der Waals surface area contributed by atoms with Crippen LogP contribution in [0.4, 0.5) is 0 Å². The highest BCUT2D eigenvalue weighted by molar-refractivity contribution is 6.35. The molecule has 94 valence electrons. The maximum Gasteiger partial charge on any atom is 0.546 e. The van der Waals surface area contributed by atoms with E-state index in [-0.39, 0.29) is 0 Å². The third-order valence-electron chi connectivity index (χ3n) is 2.47. The Kier molecular flexibility index (Phi) is 4.96. The highest BCUT2D eigenvalue weighted by atomic mass is 28.3. The molecule has 0 spiro atoms. The van der Waals surface area contributed by atoms with Gasteiger partial charge in [-0.1, -0.05) is 48.5 Å². The van der Waals surface area contributed by atoms with E-state index in [1.54, 1.807) is 12.1 Å². The Bertz CT molecular complexity index is 447. The molecule has 1 N–H and O–H groups in total. The van der Waals surface area contributed by atoms with Crippen molar-refractivity contribution in [2.75, 3.05) is 6.61 Å². The summed E-state index contributed by atoms with van der Waals surface area (Å²) in [4.78, 5) is 9.68. The fraction of sp³-hybridized carbons (Fsp3) is 0.143. The Morgan fingerprint density at radius 2 is 1.50 bits per heavy atom. The van der Waals surface area contributed by atoms with Crippen LogP contribution >= 0.6 is 0 Å². The van der Waals surface area contributed by atoms with Crippen molar-refractivity contribution >= 4 is 9.53 Å². The lowest BCUT2D eigenvalue weighted by atomic mass is 10.2. The molecule has 0 fully saturated rings. The molecule has 0 saturated heterocycles. The molecule has 3 nitrogen and oxygen atoms in total. The summed E-state index contributed by atoms with van der Waals surface area (Å²) >= 11 is 0. The van der Waals surface area contributed by atoms with Crippen molar-refractivity contribution in [3.63, 3.8) is 0 Å². The second-order valence-corrected chi connectivity index (χ2v) is 5.03. The van der Waals surface area contributed by atoms with Crippen molar-refractivity contribution in [1.29, 1.82) is 0 Å². The van der Waals surface area contributed by atoms with E-state index in [4.69, 9.17) is 8.85 Å². The molecule has 4 heteroatoms. The molecule has 0 heterocycles. The van der Waals surface area contributed by atoms with Crippen molar-refractivity contribution in [3.05, 3.63) is 66.2 Å². The standard InChI is InChI=1S/C14H16O3Si/c15-18(17-14-9-5-2-6-10-14)16-12-11-13-7-3-1-4-8-13/h1-10,15,18H,11-12H2. The maximum absolute atomic E-state index is 9.68. The Labute approximate surface area is 109 Å². The fourth-order valence-corrected chi connectivity index (χ4v) is 2.35. The number of rotatable bonds is 6. The minimum atomic E-state index is -2.57. The van der Waals surface area contributed by atoms with Gasteiger partial charge in [-0.2, -0.15) is 0 Å². The van der Waals surface area contributed by atoms with Gasteiger partial charge in [-0.05, 0) is 24.1 Å². The maximum atomic E-state index is 9.68. The van der Waals surface area contributed by atoms with Crippen LogP contribution in [-0.2, 0) is 10.8 Å². The van der Waals surface area contributed by atoms with Crippen molar-refractivity contribution in [2.45, 2.75) is 6.42 Å². The molecule has 0 bridgehead atoms. The van der Waals surface area contributed by atoms with Gasteiger partial charge in [0.05, 0.1) is 0 Å². The van der Waals surface area contributed by atoms with Gasteiger partial charge in [0.2, 0.25) is 0 Å². The molecular formula is C14H16O3Si. The summed E-state index contributed by atoms with van der Waals surface area (Å²) in [6, 6.07) is 19.3. The van der Waals surface area contributed by atoms with E-state index in [9.17, 15) is 4.80 Å². The summed E-state index contributed by atoms with van der Waals surface area (Å²) in [7, 11) is -2.57. The van der Waals surface area contributed by atoms with Crippen LogP contribution in [0.5, 0.6) is 5.75 Å². The molecule has 2 aromatic rings. The molecule has 0 aromatic heterocycles. The number of para-hydroxylation sites is 1. The first-order chi connectivity index (χ1) is 8.84. The van der Waals surface area contributed by atoms with E-state index < -0.39 is 9.53 Å². The molecule has 0 aliphatic heterocycles. The average Bonchev–Trinajstić information content (AvgIpc) is 2.41. The first-order valence-corrected chi connectivity index (χ1v) is 7.36. The third kappa shape index (κ3) is 4.33. The SMILES string of the molecule is O[SiH](OCCc1ccccc1)Oc1ccccc1. The Morgan fingerprint density at radius 3 is 2.17 bits per heavy atom. The normalized spacial score (nSPS) is 12.1. The smallest absolute Gasteiger partial charge is 0.503 e. The average molecular weight is 260 g/mol. The fourth-order valence-electron chi connectivity index (χ4n) is 1.57. The molecule has 1 atom stereocenters. The van der Waals surface area contributed by atoms with Gasteiger partial charge in [0.15, 0.2) is 0 Å². The molecular weight excluding hydrogens is 244 g/mol. The molecule has 0 aliphatic rings. The molecule has 0 aliphatic carbocycles. The van der Waals surface area contributed by atoms with Crippen LogP contribution in [0.15, 0.2) is 60.7 Å². The first-order valence-electron chi connectivity index (χ1n) is 5.90.